The van der Waals surface area contributed by atoms with Gasteiger partial charge in [-0.1, -0.05) is 0 Å². The molecule has 0 atom stereocenters. The Bertz CT molecular complexity index is 876. The number of nitrogens with zero attached hydrogens (tertiary/aromatic N) is 2. The molecule has 2 aromatic carbocycles. The molecular formula is C16H14FN3O3. The molecule has 3 aromatic rings. The van der Waals surface area contributed by atoms with Gasteiger partial charge in [0.05, 0.1) is 24.5 Å². The Morgan fingerprint density at radius 3 is 2.91 bits per heavy atom. The van der Waals surface area contributed by atoms with Crippen molar-refractivity contribution < 1.29 is 19.1 Å². The number of amides is 1. The highest BCUT2D eigenvalue weighted by atomic mass is 19.1. The van der Waals surface area contributed by atoms with Gasteiger partial charge in [-0.15, -0.1) is 0 Å². The topological polar surface area (TPSA) is 76.4 Å². The van der Waals surface area contributed by atoms with E-state index in [0.29, 0.717) is 34.5 Å². The Balaban J connectivity index is 2.00. The van der Waals surface area contributed by atoms with Crippen molar-refractivity contribution in [1.82, 2.24) is 15.0 Å². The average Bonchev–Trinajstić information content (AvgIpc) is 2.95. The standard InChI is InChI=1S/C16H14FN3O3/c1-23-13-5-10(4-12(17)7-13)8-20-9-18-14-3-2-11(6-15(14)20)16(21)19-22/h2-7,9,22H,8H2,1H3,(H,19,21). The van der Waals surface area contributed by atoms with Crippen LogP contribution in [0.4, 0.5) is 4.39 Å². The number of hydrogen-bond donors (Lipinski definition) is 2. The monoisotopic (exact) mass is 315 g/mol. The first-order chi connectivity index (χ1) is 11.1. The lowest BCUT2D eigenvalue weighted by atomic mass is 10.1. The van der Waals surface area contributed by atoms with Crippen LogP contribution in [-0.4, -0.2) is 27.8 Å². The summed E-state index contributed by atoms with van der Waals surface area (Å²) >= 11 is 0. The summed E-state index contributed by atoms with van der Waals surface area (Å²) in [6.07, 6.45) is 1.61. The number of aromatic nitrogens is 2. The molecule has 0 radical (unpaired) electrons. The number of ether oxygens (including phenoxy) is 1. The van der Waals surface area contributed by atoms with Gasteiger partial charge in [0.25, 0.3) is 5.91 Å². The second-order valence-corrected chi connectivity index (χ2v) is 5.02. The van der Waals surface area contributed by atoms with Gasteiger partial charge in [0.15, 0.2) is 0 Å². The van der Waals surface area contributed by atoms with E-state index in [9.17, 15) is 9.18 Å². The van der Waals surface area contributed by atoms with Crippen LogP contribution in [0.1, 0.15) is 15.9 Å². The van der Waals surface area contributed by atoms with Crippen molar-refractivity contribution in [2.24, 2.45) is 0 Å². The summed E-state index contributed by atoms with van der Waals surface area (Å²) in [6.45, 7) is 0.370. The van der Waals surface area contributed by atoms with Crippen LogP contribution in [-0.2, 0) is 6.54 Å². The molecule has 0 aliphatic heterocycles. The van der Waals surface area contributed by atoms with Crippen molar-refractivity contribution in [3.05, 3.63) is 59.7 Å². The third-order valence-corrected chi connectivity index (χ3v) is 3.50. The van der Waals surface area contributed by atoms with E-state index in [0.717, 1.165) is 0 Å². The van der Waals surface area contributed by atoms with Gasteiger partial charge in [0.1, 0.15) is 11.6 Å². The van der Waals surface area contributed by atoms with Gasteiger partial charge in [-0.25, -0.2) is 14.9 Å². The van der Waals surface area contributed by atoms with Crippen molar-refractivity contribution >= 4 is 16.9 Å². The number of carbonyl (C=O) groups is 1. The average molecular weight is 315 g/mol. The summed E-state index contributed by atoms with van der Waals surface area (Å²) in [5.74, 6) is -0.555. The summed E-state index contributed by atoms with van der Waals surface area (Å²) < 4.78 is 20.4. The highest BCUT2D eigenvalue weighted by Crippen LogP contribution is 2.20. The second kappa shape index (κ2) is 6.05. The van der Waals surface area contributed by atoms with Crippen molar-refractivity contribution in [3.8, 4) is 5.75 Å². The molecule has 0 aliphatic rings. The van der Waals surface area contributed by atoms with Gasteiger partial charge in [-0.3, -0.25) is 10.0 Å². The number of imidazole rings is 1. The lowest BCUT2D eigenvalue weighted by Gasteiger charge is -2.08. The van der Waals surface area contributed by atoms with Gasteiger partial charge in [-0.2, -0.15) is 0 Å². The molecule has 7 heteroatoms. The number of halogens is 1. The maximum absolute atomic E-state index is 13.6. The molecule has 0 bridgehead atoms. The molecule has 23 heavy (non-hydrogen) atoms. The van der Waals surface area contributed by atoms with E-state index in [1.807, 2.05) is 0 Å². The van der Waals surface area contributed by atoms with E-state index < -0.39 is 5.91 Å². The molecule has 2 N–H and O–H groups in total. The van der Waals surface area contributed by atoms with Crippen LogP contribution in [0.25, 0.3) is 11.0 Å². The number of fused-ring (bicyclic) bond motifs is 1. The lowest BCUT2D eigenvalue weighted by Crippen LogP contribution is -2.18. The van der Waals surface area contributed by atoms with Crippen LogP contribution in [0, 0.1) is 5.82 Å². The van der Waals surface area contributed by atoms with E-state index in [4.69, 9.17) is 9.94 Å². The van der Waals surface area contributed by atoms with Crippen LogP contribution in [0.2, 0.25) is 0 Å². The van der Waals surface area contributed by atoms with Crippen LogP contribution in [0.3, 0.4) is 0 Å². The molecule has 0 spiro atoms. The van der Waals surface area contributed by atoms with Gasteiger partial charge in [0, 0.05) is 18.2 Å². The Kier molecular flexibility index (Phi) is 3.94. The third-order valence-electron chi connectivity index (χ3n) is 3.50. The molecule has 1 amide bonds. The molecule has 0 fully saturated rings. The zero-order chi connectivity index (χ0) is 16.4. The highest BCUT2D eigenvalue weighted by Gasteiger charge is 2.10. The predicted octanol–water partition coefficient (Wildman–Crippen LogP) is 2.35. The van der Waals surface area contributed by atoms with E-state index in [1.165, 1.54) is 19.2 Å². The molecule has 1 aromatic heterocycles. The number of rotatable bonds is 4. The van der Waals surface area contributed by atoms with Crippen LogP contribution in [0.15, 0.2) is 42.7 Å². The maximum atomic E-state index is 13.6. The first kappa shape index (κ1) is 15.0. The Labute approximate surface area is 131 Å². The van der Waals surface area contributed by atoms with Crippen molar-refractivity contribution in [1.29, 1.82) is 0 Å². The summed E-state index contributed by atoms with van der Waals surface area (Å²) in [4.78, 5) is 15.8. The van der Waals surface area contributed by atoms with Gasteiger partial charge in [0.2, 0.25) is 0 Å². The van der Waals surface area contributed by atoms with E-state index in [1.54, 1.807) is 40.6 Å². The second-order valence-electron chi connectivity index (χ2n) is 5.02. The predicted molar refractivity (Wildman–Crippen MR) is 81.0 cm³/mol. The number of hydrogen-bond acceptors (Lipinski definition) is 4. The summed E-state index contributed by atoms with van der Waals surface area (Å²) in [7, 11) is 1.48. The van der Waals surface area contributed by atoms with Crippen LogP contribution in [0.5, 0.6) is 5.75 Å². The van der Waals surface area contributed by atoms with E-state index >= 15 is 0 Å². The number of nitrogens with one attached hydrogen (secondary N) is 1. The zero-order valence-electron chi connectivity index (χ0n) is 12.3. The number of methoxy groups -OCH3 is 1. The van der Waals surface area contributed by atoms with Gasteiger partial charge < -0.3 is 9.30 Å². The molecule has 0 saturated carbocycles. The summed E-state index contributed by atoms with van der Waals surface area (Å²) in [6, 6.07) is 9.32. The summed E-state index contributed by atoms with van der Waals surface area (Å²) in [5.41, 5.74) is 4.01. The molecule has 0 unspecified atom stereocenters. The minimum Gasteiger partial charge on any atom is -0.497 e. The lowest BCUT2D eigenvalue weighted by molar-refractivity contribution is 0.0706. The molecular weight excluding hydrogens is 301 g/mol. The van der Waals surface area contributed by atoms with Crippen LogP contribution >= 0.6 is 0 Å². The van der Waals surface area contributed by atoms with Gasteiger partial charge >= 0.3 is 0 Å². The molecule has 6 nitrogen and oxygen atoms in total. The Morgan fingerprint density at radius 2 is 2.17 bits per heavy atom. The zero-order valence-corrected chi connectivity index (χ0v) is 12.3. The van der Waals surface area contributed by atoms with Crippen molar-refractivity contribution in [2.45, 2.75) is 6.54 Å². The first-order valence-corrected chi connectivity index (χ1v) is 6.83. The minimum absolute atomic E-state index is 0.304. The maximum Gasteiger partial charge on any atom is 0.274 e. The Morgan fingerprint density at radius 1 is 1.35 bits per heavy atom. The highest BCUT2D eigenvalue weighted by molar-refractivity contribution is 5.96. The normalized spacial score (nSPS) is 10.7. The minimum atomic E-state index is -0.605. The Hall–Kier alpha value is -2.93. The fraction of sp³-hybridized carbons (Fsp3) is 0.125. The fourth-order valence-electron chi connectivity index (χ4n) is 2.42. The molecule has 3 rings (SSSR count). The smallest absolute Gasteiger partial charge is 0.274 e. The molecule has 0 aliphatic carbocycles. The molecule has 118 valence electrons. The number of benzene rings is 2. The van der Waals surface area contributed by atoms with Gasteiger partial charge in [-0.05, 0) is 35.9 Å². The number of carbonyl (C=O) groups excluding carboxylic acids is 1. The van der Waals surface area contributed by atoms with E-state index in [2.05, 4.69) is 4.98 Å². The molecule has 0 saturated heterocycles. The first-order valence-electron chi connectivity index (χ1n) is 6.83. The largest absolute Gasteiger partial charge is 0.497 e. The quantitative estimate of drug-likeness (QED) is 0.572. The molecule has 1 heterocycles. The van der Waals surface area contributed by atoms with Crippen molar-refractivity contribution in [3.63, 3.8) is 0 Å². The summed E-state index contributed by atoms with van der Waals surface area (Å²) in [5, 5.41) is 8.73. The van der Waals surface area contributed by atoms with E-state index in [-0.39, 0.29) is 5.82 Å². The SMILES string of the molecule is COc1cc(F)cc(Cn2cnc3ccc(C(=O)NO)cc32)c1. The van der Waals surface area contributed by atoms with Crippen LogP contribution < -0.4 is 10.2 Å². The number of hydroxylamine groups is 1. The third kappa shape index (κ3) is 3.00. The fourth-order valence-corrected chi connectivity index (χ4v) is 2.42. The van der Waals surface area contributed by atoms with Crippen molar-refractivity contribution in [2.75, 3.05) is 7.11 Å².